The van der Waals surface area contributed by atoms with Crippen molar-refractivity contribution in [1.82, 2.24) is 25.2 Å². The van der Waals surface area contributed by atoms with E-state index in [0.717, 1.165) is 64.2 Å². The molecule has 1 saturated heterocycles. The van der Waals surface area contributed by atoms with Gasteiger partial charge in [0.05, 0.1) is 41.5 Å². The summed E-state index contributed by atoms with van der Waals surface area (Å²) in [5.41, 5.74) is 8.23. The number of ether oxygens (including phenoxy) is 1. The van der Waals surface area contributed by atoms with Gasteiger partial charge in [0.15, 0.2) is 0 Å². The predicted octanol–water partition coefficient (Wildman–Crippen LogP) is 4.35. The van der Waals surface area contributed by atoms with E-state index in [1.54, 1.807) is 6.26 Å². The zero-order chi connectivity index (χ0) is 24.9. The van der Waals surface area contributed by atoms with E-state index >= 15 is 0 Å². The predicted molar refractivity (Wildman–Crippen MR) is 140 cm³/mol. The van der Waals surface area contributed by atoms with Gasteiger partial charge in [0, 0.05) is 42.8 Å². The zero-order valence-electron chi connectivity index (χ0n) is 20.4. The second kappa shape index (κ2) is 8.72. The van der Waals surface area contributed by atoms with E-state index < -0.39 is 0 Å². The molecule has 6 heterocycles. The van der Waals surface area contributed by atoms with E-state index in [0.29, 0.717) is 30.4 Å². The van der Waals surface area contributed by atoms with Crippen molar-refractivity contribution in [2.45, 2.75) is 25.4 Å². The average Bonchev–Trinajstić information content (AvgIpc) is 3.71. The number of nitrogens with one attached hydrogen (secondary N) is 3. The molecule has 186 valence electrons. The van der Waals surface area contributed by atoms with E-state index in [1.165, 1.54) is 5.56 Å². The van der Waals surface area contributed by atoms with Crippen molar-refractivity contribution in [2.75, 3.05) is 25.6 Å². The highest BCUT2D eigenvalue weighted by molar-refractivity contribution is 6.08. The number of furan rings is 1. The van der Waals surface area contributed by atoms with Gasteiger partial charge in [-0.05, 0) is 54.4 Å². The fourth-order valence-corrected chi connectivity index (χ4v) is 5.61. The summed E-state index contributed by atoms with van der Waals surface area (Å²) in [6.07, 6.45) is 6.43. The highest BCUT2D eigenvalue weighted by Gasteiger charge is 2.28. The van der Waals surface area contributed by atoms with Crippen molar-refractivity contribution in [3.8, 4) is 11.1 Å². The maximum atomic E-state index is 13.0. The number of hydrogen-bond donors (Lipinski definition) is 3. The Balaban J connectivity index is 1.30. The highest BCUT2D eigenvalue weighted by atomic mass is 16.5. The largest absolute Gasteiger partial charge is 0.464 e. The van der Waals surface area contributed by atoms with Crippen molar-refractivity contribution in [3.05, 3.63) is 77.4 Å². The molecule has 1 atom stereocenters. The van der Waals surface area contributed by atoms with Crippen LogP contribution in [0.3, 0.4) is 0 Å². The second-order valence-corrected chi connectivity index (χ2v) is 9.51. The number of benzene rings is 1. The third kappa shape index (κ3) is 3.58. The number of fused-ring (bicyclic) bond motifs is 4. The number of rotatable bonds is 6. The SMILES string of the molecule is CNCc1nc(Nc2ccc(-c3cnn4ccc5occc5c34)c3c2C(=O)NC3)ccc1[C@@H]1CCOC1. The normalized spacial score (nSPS) is 17.0. The summed E-state index contributed by atoms with van der Waals surface area (Å²) >= 11 is 0. The number of amides is 1. The number of pyridine rings is 2. The van der Waals surface area contributed by atoms with Crippen LogP contribution in [0.4, 0.5) is 11.5 Å². The molecule has 0 spiro atoms. The monoisotopic (exact) mass is 494 g/mol. The van der Waals surface area contributed by atoms with Gasteiger partial charge in [-0.15, -0.1) is 0 Å². The third-order valence-electron chi connectivity index (χ3n) is 7.35. The van der Waals surface area contributed by atoms with Crippen LogP contribution in [0, 0.1) is 0 Å². The molecule has 2 aliphatic heterocycles. The Morgan fingerprint density at radius 3 is 2.97 bits per heavy atom. The molecule has 9 nitrogen and oxygen atoms in total. The van der Waals surface area contributed by atoms with Gasteiger partial charge in [-0.25, -0.2) is 9.50 Å². The number of carbonyl (C=O) groups is 1. The molecule has 0 saturated carbocycles. The summed E-state index contributed by atoms with van der Waals surface area (Å²) in [4.78, 5) is 17.9. The van der Waals surface area contributed by atoms with Gasteiger partial charge in [0.1, 0.15) is 11.4 Å². The molecule has 37 heavy (non-hydrogen) atoms. The second-order valence-electron chi connectivity index (χ2n) is 9.51. The Bertz CT molecular complexity index is 1660. The number of hydrogen-bond acceptors (Lipinski definition) is 7. The Morgan fingerprint density at radius 2 is 2.11 bits per heavy atom. The molecular formula is C28H26N6O3. The molecule has 9 heteroatoms. The van der Waals surface area contributed by atoms with Crippen LogP contribution in [-0.2, 0) is 17.8 Å². The molecule has 0 unspecified atom stereocenters. The summed E-state index contributed by atoms with van der Waals surface area (Å²) in [6, 6.07) is 12.0. The topological polar surface area (TPSA) is 106 Å². The summed E-state index contributed by atoms with van der Waals surface area (Å²) in [5.74, 6) is 0.977. The maximum absolute atomic E-state index is 13.0. The molecule has 4 aromatic heterocycles. The lowest BCUT2D eigenvalue weighted by Gasteiger charge is -2.17. The number of aromatic nitrogens is 3. The lowest BCUT2D eigenvalue weighted by atomic mass is 9.95. The van der Waals surface area contributed by atoms with Crippen molar-refractivity contribution in [3.63, 3.8) is 0 Å². The van der Waals surface area contributed by atoms with Crippen LogP contribution in [0.1, 0.15) is 39.5 Å². The van der Waals surface area contributed by atoms with Crippen molar-refractivity contribution >= 4 is 33.9 Å². The van der Waals surface area contributed by atoms with Crippen LogP contribution in [-0.4, -0.2) is 40.8 Å². The van der Waals surface area contributed by atoms with Gasteiger partial charge < -0.3 is 25.1 Å². The average molecular weight is 495 g/mol. The third-order valence-corrected chi connectivity index (χ3v) is 7.35. The molecule has 1 aromatic carbocycles. The summed E-state index contributed by atoms with van der Waals surface area (Å²) in [6.45, 7) is 2.64. The molecular weight excluding hydrogens is 468 g/mol. The van der Waals surface area contributed by atoms with Crippen molar-refractivity contribution < 1.29 is 13.9 Å². The first-order valence-electron chi connectivity index (χ1n) is 12.5. The van der Waals surface area contributed by atoms with E-state index in [4.69, 9.17) is 14.1 Å². The molecule has 1 fully saturated rings. The first kappa shape index (κ1) is 22.0. The Labute approximate surface area is 212 Å². The smallest absolute Gasteiger partial charge is 0.254 e. The first-order chi connectivity index (χ1) is 18.2. The molecule has 5 aromatic rings. The molecule has 7 rings (SSSR count). The van der Waals surface area contributed by atoms with E-state index in [9.17, 15) is 4.79 Å². The van der Waals surface area contributed by atoms with Gasteiger partial charge in [0.25, 0.3) is 5.91 Å². The van der Waals surface area contributed by atoms with Crippen LogP contribution < -0.4 is 16.0 Å². The van der Waals surface area contributed by atoms with Crippen LogP contribution in [0.15, 0.2) is 59.5 Å². The minimum atomic E-state index is -0.0977. The first-order valence-corrected chi connectivity index (χ1v) is 12.5. The molecule has 0 aliphatic carbocycles. The van der Waals surface area contributed by atoms with Crippen LogP contribution in [0.25, 0.3) is 27.6 Å². The minimum absolute atomic E-state index is 0.0977. The quantitative estimate of drug-likeness (QED) is 0.322. The molecule has 0 bridgehead atoms. The minimum Gasteiger partial charge on any atom is -0.464 e. The van der Waals surface area contributed by atoms with Gasteiger partial charge in [0.2, 0.25) is 0 Å². The Kier molecular flexibility index (Phi) is 5.19. The summed E-state index contributed by atoms with van der Waals surface area (Å²) < 4.78 is 13.1. The van der Waals surface area contributed by atoms with Gasteiger partial charge in [-0.2, -0.15) is 5.10 Å². The molecule has 1 amide bonds. The molecule has 2 aliphatic rings. The maximum Gasteiger partial charge on any atom is 0.254 e. The standard InChI is InChI=1S/C28H26N6O3/c1-29-14-23-17(16-7-10-36-15-16)3-5-25(33-23)32-22-4-2-18(20-12-30-28(35)26(20)22)21-13-31-34-9-6-24-19(27(21)34)8-11-37-24/h2-6,8-9,11,13,16,29H,7,10,12,14-15H2,1H3,(H,30,35)(H,32,33)/t16-/m1/s1. The van der Waals surface area contributed by atoms with Gasteiger partial charge in [-0.1, -0.05) is 12.1 Å². The number of nitrogens with zero attached hydrogens (tertiary/aromatic N) is 3. The van der Waals surface area contributed by atoms with E-state index in [1.807, 2.05) is 48.2 Å². The zero-order valence-corrected chi connectivity index (χ0v) is 20.4. The Morgan fingerprint density at radius 1 is 1.16 bits per heavy atom. The summed E-state index contributed by atoms with van der Waals surface area (Å²) in [5, 5.41) is 15.2. The van der Waals surface area contributed by atoms with E-state index in [2.05, 4.69) is 33.2 Å². The van der Waals surface area contributed by atoms with Gasteiger partial charge >= 0.3 is 0 Å². The molecule has 0 radical (unpaired) electrons. The molecule has 3 N–H and O–H groups in total. The van der Waals surface area contributed by atoms with Crippen molar-refractivity contribution in [2.24, 2.45) is 0 Å². The van der Waals surface area contributed by atoms with Crippen molar-refractivity contribution in [1.29, 1.82) is 0 Å². The van der Waals surface area contributed by atoms with Crippen LogP contribution >= 0.6 is 0 Å². The van der Waals surface area contributed by atoms with Crippen LogP contribution in [0.5, 0.6) is 0 Å². The Hall–Kier alpha value is -4.21. The fourth-order valence-electron chi connectivity index (χ4n) is 5.61. The lowest BCUT2D eigenvalue weighted by Crippen LogP contribution is -2.15. The summed E-state index contributed by atoms with van der Waals surface area (Å²) in [7, 11) is 1.92. The number of carbonyl (C=O) groups excluding carboxylic acids is 1. The van der Waals surface area contributed by atoms with E-state index in [-0.39, 0.29) is 5.91 Å². The fraction of sp³-hybridized carbons (Fsp3) is 0.250. The number of anilines is 2. The van der Waals surface area contributed by atoms with Crippen LogP contribution in [0.2, 0.25) is 0 Å². The lowest BCUT2D eigenvalue weighted by molar-refractivity contribution is 0.0966. The van der Waals surface area contributed by atoms with Gasteiger partial charge in [-0.3, -0.25) is 4.79 Å². The highest BCUT2D eigenvalue weighted by Crippen LogP contribution is 2.39.